The summed E-state index contributed by atoms with van der Waals surface area (Å²) in [5.74, 6) is 0. The quantitative estimate of drug-likeness (QED) is 0.331. The third-order valence-corrected chi connectivity index (χ3v) is 5.64. The molecular formula is C21H29KO3S. The molecule has 0 aliphatic carbocycles. The fraction of sp³-hybridized carbons (Fsp3) is 0.524. The second-order valence-electron chi connectivity index (χ2n) is 6.84. The maximum atomic E-state index is 11.3. The smallest absolute Gasteiger partial charge is 0.744 e. The minimum atomic E-state index is -4.43. The molecule has 0 amide bonds. The molecule has 2 rings (SSSR count). The molecule has 0 bridgehead atoms. The van der Waals surface area contributed by atoms with Gasteiger partial charge in [0, 0.05) is 0 Å². The molecule has 0 saturated carbocycles. The Labute approximate surface area is 201 Å². The first kappa shape index (κ1) is 24.3. The summed E-state index contributed by atoms with van der Waals surface area (Å²) in [6, 6.07) is 10.6. The number of fused-ring (bicyclic) bond motifs is 1. The van der Waals surface area contributed by atoms with Crippen LogP contribution in [0.1, 0.15) is 70.3 Å². The summed E-state index contributed by atoms with van der Waals surface area (Å²) in [7, 11) is -4.43. The van der Waals surface area contributed by atoms with Gasteiger partial charge < -0.3 is 4.55 Å². The van der Waals surface area contributed by atoms with E-state index < -0.39 is 10.1 Å². The van der Waals surface area contributed by atoms with Crippen molar-refractivity contribution in [1.29, 1.82) is 0 Å². The van der Waals surface area contributed by atoms with Crippen molar-refractivity contribution < 1.29 is 64.4 Å². The van der Waals surface area contributed by atoms with E-state index in [9.17, 15) is 13.0 Å². The maximum Gasteiger partial charge on any atom is 1.00 e. The second kappa shape index (κ2) is 12.7. The van der Waals surface area contributed by atoms with Crippen LogP contribution in [0.2, 0.25) is 0 Å². The van der Waals surface area contributed by atoms with Gasteiger partial charge in [-0.25, -0.2) is 8.42 Å². The van der Waals surface area contributed by atoms with E-state index in [0.717, 1.165) is 18.2 Å². The molecule has 0 unspecified atom stereocenters. The summed E-state index contributed by atoms with van der Waals surface area (Å²) in [5, 5.41) is 1.35. The Hall–Kier alpha value is 0.246. The first-order valence-corrected chi connectivity index (χ1v) is 10.9. The van der Waals surface area contributed by atoms with Gasteiger partial charge in [-0.1, -0.05) is 88.6 Å². The van der Waals surface area contributed by atoms with Gasteiger partial charge in [-0.15, -0.1) is 0 Å². The van der Waals surface area contributed by atoms with Crippen molar-refractivity contribution in [1.82, 2.24) is 0 Å². The fourth-order valence-corrected chi connectivity index (χ4v) is 4.02. The van der Waals surface area contributed by atoms with Crippen LogP contribution < -0.4 is 51.4 Å². The van der Waals surface area contributed by atoms with Crippen LogP contribution in [-0.4, -0.2) is 13.0 Å². The Morgan fingerprint density at radius 3 is 2.08 bits per heavy atom. The topological polar surface area (TPSA) is 57.2 Å². The van der Waals surface area contributed by atoms with E-state index in [0.29, 0.717) is 5.39 Å². The molecule has 0 aliphatic rings. The zero-order chi connectivity index (χ0) is 18.1. The Morgan fingerprint density at radius 2 is 1.46 bits per heavy atom. The van der Waals surface area contributed by atoms with Crippen LogP contribution in [0.15, 0.2) is 41.3 Å². The molecule has 138 valence electrons. The molecule has 5 heteroatoms. The summed E-state index contributed by atoms with van der Waals surface area (Å²) in [4.78, 5) is -0.125. The van der Waals surface area contributed by atoms with Crippen molar-refractivity contribution in [2.45, 2.75) is 76.0 Å². The van der Waals surface area contributed by atoms with Crippen molar-refractivity contribution in [3.05, 3.63) is 42.0 Å². The SMILES string of the molecule is CCCCCCCCCCCc1ccc2c(S(=O)(=O)[O-])cccc2c1.[K+]. The molecular weight excluding hydrogens is 371 g/mol. The van der Waals surface area contributed by atoms with Gasteiger partial charge in [-0.05, 0) is 35.2 Å². The van der Waals surface area contributed by atoms with Gasteiger partial charge in [0.15, 0.2) is 0 Å². The molecule has 0 atom stereocenters. The number of rotatable bonds is 11. The van der Waals surface area contributed by atoms with Crippen LogP contribution >= 0.6 is 0 Å². The van der Waals surface area contributed by atoms with Crippen molar-refractivity contribution >= 4 is 20.9 Å². The molecule has 0 saturated heterocycles. The molecule has 0 aromatic heterocycles. The predicted molar refractivity (Wildman–Crippen MR) is 103 cm³/mol. The van der Waals surface area contributed by atoms with Crippen LogP contribution in [0.3, 0.4) is 0 Å². The van der Waals surface area contributed by atoms with Gasteiger partial charge in [0.05, 0.1) is 4.90 Å². The van der Waals surface area contributed by atoms with E-state index >= 15 is 0 Å². The first-order valence-electron chi connectivity index (χ1n) is 9.50. The molecule has 0 N–H and O–H groups in total. The summed E-state index contributed by atoms with van der Waals surface area (Å²) < 4.78 is 34.0. The standard InChI is InChI=1S/C21H30O3S.K/c1-2-3-4-5-6-7-8-9-10-12-18-15-16-20-19(17-18)13-11-14-21(20)25(22,23)24;/h11,13-17H,2-10,12H2,1H3,(H,22,23,24);/q;+1/p-1. The molecule has 2 aromatic rings. The largest absolute Gasteiger partial charge is 1.00 e. The Bertz CT molecular complexity index is 772. The molecule has 2 aromatic carbocycles. The van der Waals surface area contributed by atoms with Gasteiger partial charge >= 0.3 is 51.4 Å². The molecule has 0 spiro atoms. The van der Waals surface area contributed by atoms with Crippen molar-refractivity contribution in [2.75, 3.05) is 0 Å². The van der Waals surface area contributed by atoms with E-state index in [1.54, 1.807) is 12.1 Å². The zero-order valence-electron chi connectivity index (χ0n) is 16.2. The molecule has 0 aliphatic heterocycles. The summed E-state index contributed by atoms with van der Waals surface area (Å²) in [6.45, 7) is 2.24. The van der Waals surface area contributed by atoms with Gasteiger partial charge in [0.2, 0.25) is 0 Å². The normalized spacial score (nSPS) is 11.5. The van der Waals surface area contributed by atoms with Crippen molar-refractivity contribution in [3.8, 4) is 0 Å². The number of unbranched alkanes of at least 4 members (excludes halogenated alkanes) is 8. The predicted octanol–water partition coefficient (Wildman–Crippen LogP) is 2.82. The number of hydrogen-bond donors (Lipinski definition) is 0. The van der Waals surface area contributed by atoms with Crippen LogP contribution in [0, 0.1) is 0 Å². The molecule has 3 nitrogen and oxygen atoms in total. The Kier molecular flexibility index (Phi) is 11.8. The van der Waals surface area contributed by atoms with E-state index in [1.807, 2.05) is 18.2 Å². The summed E-state index contributed by atoms with van der Waals surface area (Å²) in [5.41, 5.74) is 1.20. The van der Waals surface area contributed by atoms with Crippen LogP contribution in [-0.2, 0) is 16.5 Å². The van der Waals surface area contributed by atoms with E-state index in [4.69, 9.17) is 0 Å². The second-order valence-corrected chi connectivity index (χ2v) is 8.19. The third kappa shape index (κ3) is 8.09. The Balaban J connectivity index is 0.00000338. The summed E-state index contributed by atoms with van der Waals surface area (Å²) >= 11 is 0. The van der Waals surface area contributed by atoms with Gasteiger partial charge in [0.1, 0.15) is 10.1 Å². The van der Waals surface area contributed by atoms with Crippen molar-refractivity contribution in [2.24, 2.45) is 0 Å². The fourth-order valence-electron chi connectivity index (χ4n) is 3.32. The van der Waals surface area contributed by atoms with Crippen LogP contribution in [0.5, 0.6) is 0 Å². The number of hydrogen-bond acceptors (Lipinski definition) is 3. The average Bonchev–Trinajstić information content (AvgIpc) is 2.58. The molecule has 0 radical (unpaired) electrons. The first-order chi connectivity index (χ1) is 12.0. The van der Waals surface area contributed by atoms with Gasteiger partial charge in [-0.3, -0.25) is 0 Å². The summed E-state index contributed by atoms with van der Waals surface area (Å²) in [6.07, 6.45) is 12.7. The third-order valence-electron chi connectivity index (χ3n) is 4.74. The monoisotopic (exact) mass is 400 g/mol. The van der Waals surface area contributed by atoms with Gasteiger partial charge in [-0.2, -0.15) is 0 Å². The van der Waals surface area contributed by atoms with E-state index in [-0.39, 0.29) is 56.3 Å². The van der Waals surface area contributed by atoms with Gasteiger partial charge in [0.25, 0.3) is 0 Å². The average molecular weight is 401 g/mol. The minimum Gasteiger partial charge on any atom is -0.744 e. The number of aryl methyl sites for hydroxylation is 1. The van der Waals surface area contributed by atoms with Crippen LogP contribution in [0.25, 0.3) is 10.8 Å². The molecule has 0 heterocycles. The maximum absolute atomic E-state index is 11.3. The van der Waals surface area contributed by atoms with E-state index in [2.05, 4.69) is 6.92 Å². The van der Waals surface area contributed by atoms with Crippen LogP contribution in [0.4, 0.5) is 0 Å². The Morgan fingerprint density at radius 1 is 0.846 bits per heavy atom. The number of benzene rings is 2. The molecule has 0 fully saturated rings. The minimum absolute atomic E-state index is 0. The molecule has 26 heavy (non-hydrogen) atoms. The van der Waals surface area contributed by atoms with Crippen molar-refractivity contribution in [3.63, 3.8) is 0 Å². The van der Waals surface area contributed by atoms with E-state index in [1.165, 1.54) is 63.0 Å². The zero-order valence-corrected chi connectivity index (χ0v) is 20.1.